The maximum absolute atomic E-state index is 12.4. The topological polar surface area (TPSA) is 63.2 Å². The molecule has 0 aliphatic rings. The monoisotopic (exact) mass is 299 g/mol. The zero-order valence-electron chi connectivity index (χ0n) is 13.1. The highest BCUT2D eigenvalue weighted by Crippen LogP contribution is 2.19. The summed E-state index contributed by atoms with van der Waals surface area (Å²) in [5.74, 6) is -0.170. The lowest BCUT2D eigenvalue weighted by Gasteiger charge is -2.11. The van der Waals surface area contributed by atoms with Crippen LogP contribution in [0.1, 0.15) is 21.5 Å². The van der Waals surface area contributed by atoms with Crippen molar-refractivity contribution >= 4 is 17.3 Å². The van der Waals surface area contributed by atoms with Crippen molar-refractivity contribution in [3.05, 3.63) is 53.3 Å². The Labute approximate surface area is 130 Å². The molecule has 1 aromatic heterocycles. The number of amides is 1. The molecule has 5 nitrogen and oxygen atoms in total. The second-order valence-electron chi connectivity index (χ2n) is 5.08. The molecule has 0 atom stereocenters. The fourth-order valence-electron chi connectivity index (χ4n) is 2.04. The van der Waals surface area contributed by atoms with Crippen molar-refractivity contribution in [2.24, 2.45) is 0 Å². The Kier molecular flexibility index (Phi) is 5.49. The van der Waals surface area contributed by atoms with Gasteiger partial charge in [-0.1, -0.05) is 12.1 Å². The first kappa shape index (κ1) is 16.0. The minimum Gasteiger partial charge on any atom is -0.383 e. The highest BCUT2D eigenvalue weighted by molar-refractivity contribution is 6.05. The van der Waals surface area contributed by atoms with E-state index in [-0.39, 0.29) is 5.91 Å². The molecule has 0 aliphatic carbocycles. The van der Waals surface area contributed by atoms with E-state index >= 15 is 0 Å². The van der Waals surface area contributed by atoms with Crippen molar-refractivity contribution in [2.75, 3.05) is 30.9 Å². The van der Waals surface area contributed by atoms with Crippen LogP contribution in [0.2, 0.25) is 0 Å². The molecule has 0 spiro atoms. The number of aryl methyl sites for hydroxylation is 1. The number of nitrogens with one attached hydrogen (secondary N) is 2. The van der Waals surface area contributed by atoms with E-state index in [9.17, 15) is 4.79 Å². The van der Waals surface area contributed by atoms with E-state index in [0.29, 0.717) is 18.7 Å². The summed E-state index contributed by atoms with van der Waals surface area (Å²) in [5.41, 5.74) is 4.35. The van der Waals surface area contributed by atoms with E-state index in [0.717, 1.165) is 22.5 Å². The van der Waals surface area contributed by atoms with Gasteiger partial charge >= 0.3 is 0 Å². The Hall–Kier alpha value is -2.40. The van der Waals surface area contributed by atoms with Gasteiger partial charge in [0.25, 0.3) is 5.91 Å². The third-order valence-corrected chi connectivity index (χ3v) is 3.49. The number of hydrogen-bond acceptors (Lipinski definition) is 4. The molecule has 0 aliphatic heterocycles. The number of hydrogen-bond donors (Lipinski definition) is 2. The molecule has 0 radical (unpaired) electrons. The van der Waals surface area contributed by atoms with E-state index in [1.807, 2.05) is 32.0 Å². The van der Waals surface area contributed by atoms with Crippen molar-refractivity contribution in [2.45, 2.75) is 13.8 Å². The Morgan fingerprint density at radius 1 is 1.27 bits per heavy atom. The number of benzene rings is 1. The van der Waals surface area contributed by atoms with Crippen molar-refractivity contribution in [3.63, 3.8) is 0 Å². The van der Waals surface area contributed by atoms with E-state index in [2.05, 4.69) is 15.6 Å². The molecule has 1 aromatic carbocycles. The minimum atomic E-state index is -0.170. The third-order valence-electron chi connectivity index (χ3n) is 3.49. The van der Waals surface area contributed by atoms with Gasteiger partial charge in [-0.25, -0.2) is 0 Å². The highest BCUT2D eigenvalue weighted by Gasteiger charge is 2.09. The fourth-order valence-corrected chi connectivity index (χ4v) is 2.04. The summed E-state index contributed by atoms with van der Waals surface area (Å²) in [5, 5.41) is 6.09. The number of anilines is 2. The van der Waals surface area contributed by atoms with E-state index in [1.165, 1.54) is 0 Å². The molecule has 5 heteroatoms. The summed E-state index contributed by atoms with van der Waals surface area (Å²) < 4.78 is 4.98. The molecule has 2 aromatic rings. The molecule has 2 N–H and O–H groups in total. The molecule has 0 bridgehead atoms. The molecule has 0 saturated carbocycles. The molecule has 2 rings (SSSR count). The second kappa shape index (κ2) is 7.56. The van der Waals surface area contributed by atoms with Crippen molar-refractivity contribution in [3.8, 4) is 0 Å². The molecule has 0 fully saturated rings. The zero-order chi connectivity index (χ0) is 15.9. The van der Waals surface area contributed by atoms with Crippen LogP contribution in [-0.4, -0.2) is 31.2 Å². The molecule has 1 heterocycles. The average molecular weight is 299 g/mol. The van der Waals surface area contributed by atoms with Crippen molar-refractivity contribution < 1.29 is 9.53 Å². The quantitative estimate of drug-likeness (QED) is 0.805. The fraction of sp³-hybridized carbons (Fsp3) is 0.294. The number of aromatic nitrogens is 1. The van der Waals surface area contributed by atoms with E-state index in [1.54, 1.807) is 25.6 Å². The van der Waals surface area contributed by atoms with Crippen molar-refractivity contribution in [1.82, 2.24) is 4.98 Å². The van der Waals surface area contributed by atoms with Crippen LogP contribution in [0.5, 0.6) is 0 Å². The van der Waals surface area contributed by atoms with Gasteiger partial charge in [-0.2, -0.15) is 0 Å². The summed E-state index contributed by atoms with van der Waals surface area (Å²) in [6.07, 6.45) is 3.24. The predicted molar refractivity (Wildman–Crippen MR) is 88.5 cm³/mol. The van der Waals surface area contributed by atoms with E-state index < -0.39 is 0 Å². The summed E-state index contributed by atoms with van der Waals surface area (Å²) in [6.45, 7) is 5.28. The maximum Gasteiger partial charge on any atom is 0.257 e. The number of methoxy groups -OCH3 is 1. The summed E-state index contributed by atoms with van der Waals surface area (Å²) >= 11 is 0. The van der Waals surface area contributed by atoms with Crippen LogP contribution in [0.3, 0.4) is 0 Å². The Balaban J connectivity index is 2.09. The van der Waals surface area contributed by atoms with Crippen LogP contribution >= 0.6 is 0 Å². The number of carbonyl (C=O) groups is 1. The SMILES string of the molecule is COCCNc1cncc(C(=O)Nc2cccc(C)c2C)c1. The van der Waals surface area contributed by atoms with Crippen LogP contribution in [-0.2, 0) is 4.74 Å². The third kappa shape index (κ3) is 4.05. The zero-order valence-corrected chi connectivity index (χ0v) is 13.1. The smallest absolute Gasteiger partial charge is 0.257 e. The van der Waals surface area contributed by atoms with Gasteiger partial charge in [0, 0.05) is 31.7 Å². The van der Waals surface area contributed by atoms with E-state index in [4.69, 9.17) is 4.74 Å². The first-order chi connectivity index (χ1) is 10.6. The van der Waals surface area contributed by atoms with Gasteiger partial charge in [0.1, 0.15) is 0 Å². The first-order valence-electron chi connectivity index (χ1n) is 7.17. The van der Waals surface area contributed by atoms with Gasteiger partial charge in [0.15, 0.2) is 0 Å². The van der Waals surface area contributed by atoms with Crippen LogP contribution < -0.4 is 10.6 Å². The highest BCUT2D eigenvalue weighted by atomic mass is 16.5. The summed E-state index contributed by atoms with van der Waals surface area (Å²) in [4.78, 5) is 16.5. The van der Waals surface area contributed by atoms with Crippen LogP contribution in [0, 0.1) is 13.8 Å². The van der Waals surface area contributed by atoms with Gasteiger partial charge in [-0.05, 0) is 37.1 Å². The maximum atomic E-state index is 12.4. The lowest BCUT2D eigenvalue weighted by Crippen LogP contribution is -2.14. The number of carbonyl (C=O) groups excluding carboxylic acids is 1. The molecule has 0 saturated heterocycles. The second-order valence-corrected chi connectivity index (χ2v) is 5.08. The van der Waals surface area contributed by atoms with Gasteiger partial charge in [-0.3, -0.25) is 9.78 Å². The number of pyridine rings is 1. The average Bonchev–Trinajstić information content (AvgIpc) is 2.52. The normalized spacial score (nSPS) is 10.3. The Morgan fingerprint density at radius 2 is 2.09 bits per heavy atom. The number of ether oxygens (including phenoxy) is 1. The molecular formula is C17H21N3O2. The predicted octanol–water partition coefficient (Wildman–Crippen LogP) is 3.01. The van der Waals surface area contributed by atoms with Gasteiger partial charge < -0.3 is 15.4 Å². The van der Waals surface area contributed by atoms with Gasteiger partial charge in [-0.15, -0.1) is 0 Å². The summed E-state index contributed by atoms with van der Waals surface area (Å²) in [6, 6.07) is 7.63. The Morgan fingerprint density at radius 3 is 2.86 bits per heavy atom. The van der Waals surface area contributed by atoms with Crippen LogP contribution in [0.15, 0.2) is 36.7 Å². The Bertz CT molecular complexity index is 656. The number of nitrogens with zero attached hydrogens (tertiary/aromatic N) is 1. The largest absolute Gasteiger partial charge is 0.383 e. The minimum absolute atomic E-state index is 0.170. The van der Waals surface area contributed by atoms with Crippen LogP contribution in [0.4, 0.5) is 11.4 Å². The lowest BCUT2D eigenvalue weighted by molar-refractivity contribution is 0.102. The molecule has 22 heavy (non-hydrogen) atoms. The molecular weight excluding hydrogens is 278 g/mol. The number of rotatable bonds is 6. The standard InChI is InChI=1S/C17H21N3O2/c1-12-5-4-6-16(13(12)2)20-17(21)14-9-15(11-18-10-14)19-7-8-22-3/h4-6,9-11,19H,7-8H2,1-3H3,(H,20,21). The van der Waals surface area contributed by atoms with Gasteiger partial charge in [0.2, 0.25) is 0 Å². The lowest BCUT2D eigenvalue weighted by atomic mass is 10.1. The summed E-state index contributed by atoms with van der Waals surface area (Å²) in [7, 11) is 1.65. The van der Waals surface area contributed by atoms with Gasteiger partial charge in [0.05, 0.1) is 17.9 Å². The molecule has 1 amide bonds. The molecule has 0 unspecified atom stereocenters. The van der Waals surface area contributed by atoms with Crippen molar-refractivity contribution in [1.29, 1.82) is 0 Å². The first-order valence-corrected chi connectivity index (χ1v) is 7.17. The molecule has 116 valence electrons. The van der Waals surface area contributed by atoms with Crippen LogP contribution in [0.25, 0.3) is 0 Å².